The van der Waals surface area contributed by atoms with E-state index < -0.39 is 0 Å². The molecule has 1 aromatic carbocycles. The third-order valence-electron chi connectivity index (χ3n) is 5.13. The Morgan fingerprint density at radius 3 is 2.72 bits per heavy atom. The fourth-order valence-corrected chi connectivity index (χ4v) is 3.52. The second-order valence-electron chi connectivity index (χ2n) is 7.09. The minimum atomic E-state index is -0.135. The number of benzene rings is 1. The standard InChI is InChI=1S/C21H24N2O2/c1-15-14-17(15)20-10-8-16(25-20)9-11-21(24)22-18-6-2-3-7-19(18)23-12-4-5-13-23/h2-3,6-11,15,17H,4-5,12-14H2,1H3,(H,22,24)/b11-9+. The normalized spacial score (nSPS) is 22.5. The van der Waals surface area contributed by atoms with Crippen LogP contribution in [0.3, 0.4) is 0 Å². The van der Waals surface area contributed by atoms with Crippen LogP contribution in [0.5, 0.6) is 0 Å². The van der Waals surface area contributed by atoms with Gasteiger partial charge in [-0.05, 0) is 55.5 Å². The molecular weight excluding hydrogens is 312 g/mol. The number of para-hydroxylation sites is 2. The van der Waals surface area contributed by atoms with Crippen molar-refractivity contribution in [2.45, 2.75) is 32.1 Å². The van der Waals surface area contributed by atoms with Gasteiger partial charge in [-0.15, -0.1) is 0 Å². The molecule has 4 rings (SSSR count). The second kappa shape index (κ2) is 6.79. The van der Waals surface area contributed by atoms with Gasteiger partial charge in [0.2, 0.25) is 5.91 Å². The fourth-order valence-electron chi connectivity index (χ4n) is 3.52. The Labute approximate surface area is 148 Å². The van der Waals surface area contributed by atoms with Crippen LogP contribution in [0.15, 0.2) is 46.9 Å². The zero-order chi connectivity index (χ0) is 17.2. The molecule has 1 N–H and O–H groups in total. The molecule has 4 nitrogen and oxygen atoms in total. The van der Waals surface area contributed by atoms with Crippen molar-refractivity contribution in [3.05, 3.63) is 54.0 Å². The number of carbonyl (C=O) groups excluding carboxylic acids is 1. The van der Waals surface area contributed by atoms with E-state index in [0.717, 1.165) is 36.0 Å². The van der Waals surface area contributed by atoms with E-state index in [9.17, 15) is 4.79 Å². The van der Waals surface area contributed by atoms with E-state index in [4.69, 9.17) is 4.42 Å². The van der Waals surface area contributed by atoms with Gasteiger partial charge < -0.3 is 14.6 Å². The van der Waals surface area contributed by atoms with Gasteiger partial charge in [0.15, 0.2) is 0 Å². The van der Waals surface area contributed by atoms with Crippen molar-refractivity contribution in [3.8, 4) is 0 Å². The van der Waals surface area contributed by atoms with Crippen LogP contribution in [0.2, 0.25) is 0 Å². The number of nitrogens with one attached hydrogen (secondary N) is 1. The smallest absolute Gasteiger partial charge is 0.248 e. The second-order valence-corrected chi connectivity index (χ2v) is 7.09. The summed E-state index contributed by atoms with van der Waals surface area (Å²) in [4.78, 5) is 14.6. The maximum Gasteiger partial charge on any atom is 0.248 e. The van der Waals surface area contributed by atoms with Crippen LogP contribution >= 0.6 is 0 Å². The lowest BCUT2D eigenvalue weighted by molar-refractivity contribution is -0.111. The first-order chi connectivity index (χ1) is 12.2. The van der Waals surface area contributed by atoms with E-state index in [0.29, 0.717) is 11.8 Å². The van der Waals surface area contributed by atoms with E-state index in [2.05, 4.69) is 23.2 Å². The molecule has 1 aliphatic carbocycles. The topological polar surface area (TPSA) is 45.5 Å². The van der Waals surface area contributed by atoms with Crippen LogP contribution in [0.25, 0.3) is 6.08 Å². The number of nitrogens with zero attached hydrogens (tertiary/aromatic N) is 1. The Bertz CT molecular complexity index is 787. The highest BCUT2D eigenvalue weighted by molar-refractivity contribution is 6.03. The molecule has 0 spiro atoms. The van der Waals surface area contributed by atoms with Crippen LogP contribution in [0.1, 0.15) is 43.6 Å². The fraction of sp³-hybridized carbons (Fsp3) is 0.381. The molecule has 0 radical (unpaired) electrons. The van der Waals surface area contributed by atoms with Crippen LogP contribution in [-0.2, 0) is 4.79 Å². The molecule has 2 heterocycles. The summed E-state index contributed by atoms with van der Waals surface area (Å²) in [6.07, 6.45) is 6.90. The summed E-state index contributed by atoms with van der Waals surface area (Å²) < 4.78 is 5.81. The SMILES string of the molecule is CC1CC1c1ccc(/C=C/C(=O)Nc2ccccc2N2CCCC2)o1. The average molecular weight is 336 g/mol. The van der Waals surface area contributed by atoms with Gasteiger partial charge >= 0.3 is 0 Å². The molecule has 2 atom stereocenters. The van der Waals surface area contributed by atoms with Gasteiger partial charge in [0, 0.05) is 25.1 Å². The third kappa shape index (κ3) is 3.63. The summed E-state index contributed by atoms with van der Waals surface area (Å²) in [5.41, 5.74) is 1.97. The van der Waals surface area contributed by atoms with Crippen LogP contribution < -0.4 is 10.2 Å². The maximum atomic E-state index is 12.3. The van der Waals surface area contributed by atoms with Crippen LogP contribution in [0, 0.1) is 5.92 Å². The highest BCUT2D eigenvalue weighted by Crippen LogP contribution is 2.47. The van der Waals surface area contributed by atoms with Gasteiger partial charge in [0.1, 0.15) is 11.5 Å². The summed E-state index contributed by atoms with van der Waals surface area (Å²) in [7, 11) is 0. The summed E-state index contributed by atoms with van der Waals surface area (Å²) in [5, 5.41) is 3.00. The quantitative estimate of drug-likeness (QED) is 0.808. The molecule has 1 amide bonds. The highest BCUT2D eigenvalue weighted by atomic mass is 16.3. The number of amides is 1. The molecule has 2 unspecified atom stereocenters. The van der Waals surface area contributed by atoms with Gasteiger partial charge in [-0.2, -0.15) is 0 Å². The number of carbonyl (C=O) groups is 1. The first kappa shape index (κ1) is 16.0. The molecule has 1 saturated carbocycles. The summed E-state index contributed by atoms with van der Waals surface area (Å²) in [6, 6.07) is 12.0. The molecule has 1 aromatic heterocycles. The van der Waals surface area contributed by atoms with Gasteiger partial charge in [-0.25, -0.2) is 0 Å². The molecule has 2 aromatic rings. The molecule has 130 valence electrons. The van der Waals surface area contributed by atoms with Gasteiger partial charge in [0.25, 0.3) is 0 Å². The molecule has 0 bridgehead atoms. The monoisotopic (exact) mass is 336 g/mol. The predicted octanol–water partition coefficient (Wildman–Crippen LogP) is 4.66. The summed E-state index contributed by atoms with van der Waals surface area (Å²) >= 11 is 0. The molecule has 2 aliphatic rings. The maximum absolute atomic E-state index is 12.3. The van der Waals surface area contributed by atoms with Crippen LogP contribution in [0.4, 0.5) is 11.4 Å². The number of hydrogen-bond donors (Lipinski definition) is 1. The van der Waals surface area contributed by atoms with Crippen molar-refractivity contribution in [1.82, 2.24) is 0 Å². The number of anilines is 2. The highest BCUT2D eigenvalue weighted by Gasteiger charge is 2.36. The number of furan rings is 1. The Morgan fingerprint density at radius 2 is 1.96 bits per heavy atom. The molecule has 25 heavy (non-hydrogen) atoms. The van der Waals surface area contributed by atoms with Crippen molar-refractivity contribution < 1.29 is 9.21 Å². The third-order valence-corrected chi connectivity index (χ3v) is 5.13. The lowest BCUT2D eigenvalue weighted by atomic mass is 10.2. The molecule has 1 aliphatic heterocycles. The Kier molecular flexibility index (Phi) is 4.35. The van der Waals surface area contributed by atoms with Crippen molar-refractivity contribution in [2.24, 2.45) is 5.92 Å². The van der Waals surface area contributed by atoms with Gasteiger partial charge in [-0.3, -0.25) is 4.79 Å². The van der Waals surface area contributed by atoms with E-state index >= 15 is 0 Å². The Morgan fingerprint density at radius 1 is 1.20 bits per heavy atom. The van der Waals surface area contributed by atoms with Crippen molar-refractivity contribution in [2.75, 3.05) is 23.3 Å². The number of rotatable bonds is 5. The lowest BCUT2D eigenvalue weighted by Crippen LogP contribution is -2.20. The van der Waals surface area contributed by atoms with E-state index in [1.807, 2.05) is 30.3 Å². The van der Waals surface area contributed by atoms with Crippen LogP contribution in [-0.4, -0.2) is 19.0 Å². The Balaban J connectivity index is 1.41. The summed E-state index contributed by atoms with van der Waals surface area (Å²) in [5.74, 6) is 2.91. The minimum Gasteiger partial charge on any atom is -0.461 e. The Hall–Kier alpha value is -2.49. The first-order valence-electron chi connectivity index (χ1n) is 9.13. The molecule has 4 heteroatoms. The largest absolute Gasteiger partial charge is 0.461 e. The van der Waals surface area contributed by atoms with Gasteiger partial charge in [0.05, 0.1) is 11.4 Å². The minimum absolute atomic E-state index is 0.135. The summed E-state index contributed by atoms with van der Waals surface area (Å²) in [6.45, 7) is 4.34. The van der Waals surface area contributed by atoms with E-state index in [1.54, 1.807) is 12.2 Å². The van der Waals surface area contributed by atoms with Crippen molar-refractivity contribution >= 4 is 23.4 Å². The van der Waals surface area contributed by atoms with Crippen molar-refractivity contribution in [1.29, 1.82) is 0 Å². The zero-order valence-corrected chi connectivity index (χ0v) is 14.6. The number of hydrogen-bond acceptors (Lipinski definition) is 3. The molecular formula is C21H24N2O2. The lowest BCUT2D eigenvalue weighted by Gasteiger charge is -2.21. The molecule has 2 fully saturated rings. The zero-order valence-electron chi connectivity index (χ0n) is 14.6. The van der Waals surface area contributed by atoms with E-state index in [1.165, 1.54) is 19.3 Å². The predicted molar refractivity (Wildman–Crippen MR) is 101 cm³/mol. The average Bonchev–Trinajstić information content (AvgIpc) is 3.05. The molecule has 1 saturated heterocycles. The van der Waals surface area contributed by atoms with Crippen molar-refractivity contribution in [3.63, 3.8) is 0 Å². The van der Waals surface area contributed by atoms with Gasteiger partial charge in [-0.1, -0.05) is 19.1 Å². The first-order valence-corrected chi connectivity index (χ1v) is 9.13. The van der Waals surface area contributed by atoms with E-state index in [-0.39, 0.29) is 5.91 Å².